The third-order valence-electron chi connectivity index (χ3n) is 3.79. The lowest BCUT2D eigenvalue weighted by molar-refractivity contribution is -0.133. The van der Waals surface area contributed by atoms with Crippen LogP contribution in [0.3, 0.4) is 0 Å². The van der Waals surface area contributed by atoms with Gasteiger partial charge < -0.3 is 15.5 Å². The van der Waals surface area contributed by atoms with Crippen LogP contribution in [0.1, 0.15) is 32.1 Å². The first kappa shape index (κ1) is 11.9. The Kier molecular flexibility index (Phi) is 3.82. The lowest BCUT2D eigenvalue weighted by Crippen LogP contribution is -2.50. The molecule has 1 heterocycles. The van der Waals surface area contributed by atoms with Gasteiger partial charge in [-0.15, -0.1) is 0 Å². The van der Waals surface area contributed by atoms with Crippen LogP contribution in [0.25, 0.3) is 0 Å². The summed E-state index contributed by atoms with van der Waals surface area (Å²) in [5, 5.41) is 0. The van der Waals surface area contributed by atoms with Gasteiger partial charge in [-0.25, -0.2) is 0 Å². The highest BCUT2D eigenvalue weighted by Gasteiger charge is 2.31. The average Bonchev–Trinajstić information content (AvgIpc) is 3.12. The molecular weight excluding hydrogens is 202 g/mol. The molecule has 4 nitrogen and oxygen atoms in total. The summed E-state index contributed by atoms with van der Waals surface area (Å²) in [6.07, 6.45) is 6.18. The Morgan fingerprint density at radius 1 is 1.38 bits per heavy atom. The van der Waals surface area contributed by atoms with Crippen molar-refractivity contribution in [3.8, 4) is 0 Å². The quantitative estimate of drug-likeness (QED) is 0.754. The number of piperidine rings is 1. The van der Waals surface area contributed by atoms with Crippen molar-refractivity contribution < 1.29 is 4.79 Å². The molecule has 0 spiro atoms. The Hall–Kier alpha value is -0.610. The van der Waals surface area contributed by atoms with Gasteiger partial charge >= 0.3 is 0 Å². The number of hydrogen-bond donors (Lipinski definition) is 1. The molecule has 1 aliphatic carbocycles. The molecular formula is C12H23N3O. The summed E-state index contributed by atoms with van der Waals surface area (Å²) in [6.45, 7) is 2.08. The predicted molar refractivity (Wildman–Crippen MR) is 64.1 cm³/mol. The maximum atomic E-state index is 11.7. The largest absolute Gasteiger partial charge is 0.337 e. The molecule has 0 aromatic rings. The Bertz CT molecular complexity index is 253. The fourth-order valence-electron chi connectivity index (χ4n) is 2.63. The highest BCUT2D eigenvalue weighted by atomic mass is 16.2. The summed E-state index contributed by atoms with van der Waals surface area (Å²) in [6, 6.07) is 1.17. The van der Waals surface area contributed by atoms with Gasteiger partial charge in [0.25, 0.3) is 0 Å². The van der Waals surface area contributed by atoms with Crippen molar-refractivity contribution in [2.75, 3.05) is 26.7 Å². The number of amides is 1. The van der Waals surface area contributed by atoms with Crippen molar-refractivity contribution in [1.82, 2.24) is 9.80 Å². The first-order chi connectivity index (χ1) is 7.72. The summed E-state index contributed by atoms with van der Waals surface area (Å²) in [5.41, 5.74) is 5.46. The smallest absolute Gasteiger partial charge is 0.236 e. The van der Waals surface area contributed by atoms with Crippen molar-refractivity contribution in [2.24, 2.45) is 5.73 Å². The molecule has 0 bridgehead atoms. The maximum Gasteiger partial charge on any atom is 0.236 e. The summed E-state index contributed by atoms with van der Waals surface area (Å²) in [4.78, 5) is 16.1. The Labute approximate surface area is 97.8 Å². The van der Waals surface area contributed by atoms with E-state index in [1.54, 1.807) is 0 Å². The van der Waals surface area contributed by atoms with Gasteiger partial charge in [0.1, 0.15) is 0 Å². The minimum atomic E-state index is 0.119. The van der Waals surface area contributed by atoms with E-state index in [9.17, 15) is 4.79 Å². The third-order valence-corrected chi connectivity index (χ3v) is 3.79. The Morgan fingerprint density at radius 2 is 2.12 bits per heavy atom. The lowest BCUT2D eigenvalue weighted by Gasteiger charge is -2.37. The van der Waals surface area contributed by atoms with E-state index >= 15 is 0 Å². The topological polar surface area (TPSA) is 49.6 Å². The van der Waals surface area contributed by atoms with E-state index in [1.807, 2.05) is 4.90 Å². The summed E-state index contributed by atoms with van der Waals surface area (Å²) < 4.78 is 0. The molecule has 4 heteroatoms. The molecule has 16 heavy (non-hydrogen) atoms. The van der Waals surface area contributed by atoms with Crippen LogP contribution in [0.4, 0.5) is 0 Å². The highest BCUT2D eigenvalue weighted by molar-refractivity contribution is 5.78. The van der Waals surface area contributed by atoms with Crippen molar-refractivity contribution in [1.29, 1.82) is 0 Å². The van der Waals surface area contributed by atoms with E-state index in [0.717, 1.165) is 32.0 Å². The van der Waals surface area contributed by atoms with Gasteiger partial charge in [0, 0.05) is 25.2 Å². The lowest BCUT2D eigenvalue weighted by atomic mass is 10.0. The Morgan fingerprint density at radius 3 is 2.75 bits per heavy atom. The van der Waals surface area contributed by atoms with Crippen LogP contribution in [0.5, 0.6) is 0 Å². The van der Waals surface area contributed by atoms with Gasteiger partial charge in [-0.3, -0.25) is 4.79 Å². The molecule has 1 saturated carbocycles. The van der Waals surface area contributed by atoms with Crippen LogP contribution >= 0.6 is 0 Å². The van der Waals surface area contributed by atoms with Gasteiger partial charge in [-0.05, 0) is 39.2 Å². The number of nitrogens with zero attached hydrogens (tertiary/aromatic N) is 2. The minimum absolute atomic E-state index is 0.119. The average molecular weight is 225 g/mol. The van der Waals surface area contributed by atoms with E-state index in [4.69, 9.17) is 5.73 Å². The van der Waals surface area contributed by atoms with Crippen molar-refractivity contribution in [2.45, 2.75) is 44.2 Å². The van der Waals surface area contributed by atoms with Crippen LogP contribution in [-0.4, -0.2) is 54.5 Å². The molecule has 1 aliphatic heterocycles. The van der Waals surface area contributed by atoms with Crippen LogP contribution in [-0.2, 0) is 4.79 Å². The first-order valence-electron chi connectivity index (χ1n) is 6.42. The number of rotatable bonds is 4. The first-order valence-corrected chi connectivity index (χ1v) is 6.42. The fourth-order valence-corrected chi connectivity index (χ4v) is 2.63. The molecule has 92 valence electrons. The van der Waals surface area contributed by atoms with Crippen LogP contribution in [0, 0.1) is 0 Å². The molecule has 0 radical (unpaired) electrons. The standard InChI is InChI=1S/C12H23N3O/c1-14(10-5-6-10)9-11-4-2-3-7-15(11)12(16)8-13/h10-11H,2-9,13H2,1H3. The number of likely N-dealkylation sites (tertiary alicyclic amines) is 1. The zero-order valence-corrected chi connectivity index (χ0v) is 10.2. The second kappa shape index (κ2) is 5.15. The molecule has 1 saturated heterocycles. The number of nitrogens with two attached hydrogens (primary N) is 1. The number of hydrogen-bond acceptors (Lipinski definition) is 3. The van der Waals surface area contributed by atoms with Gasteiger partial charge in [0.05, 0.1) is 6.54 Å². The molecule has 2 rings (SSSR count). The maximum absolute atomic E-state index is 11.7. The third kappa shape index (κ3) is 2.74. The van der Waals surface area contributed by atoms with Gasteiger partial charge in [0.2, 0.25) is 5.91 Å². The zero-order chi connectivity index (χ0) is 11.5. The monoisotopic (exact) mass is 225 g/mol. The number of carbonyl (C=O) groups is 1. The second-order valence-corrected chi connectivity index (χ2v) is 5.11. The van der Waals surface area contributed by atoms with Crippen molar-refractivity contribution in [3.05, 3.63) is 0 Å². The fraction of sp³-hybridized carbons (Fsp3) is 0.917. The van der Waals surface area contributed by atoms with Gasteiger partial charge in [-0.2, -0.15) is 0 Å². The van der Waals surface area contributed by atoms with Gasteiger partial charge in [0.15, 0.2) is 0 Å². The van der Waals surface area contributed by atoms with E-state index in [-0.39, 0.29) is 12.5 Å². The molecule has 1 amide bonds. The normalized spacial score (nSPS) is 26.2. The summed E-state index contributed by atoms with van der Waals surface area (Å²) in [7, 11) is 2.18. The summed E-state index contributed by atoms with van der Waals surface area (Å²) >= 11 is 0. The van der Waals surface area contributed by atoms with E-state index in [1.165, 1.54) is 19.3 Å². The van der Waals surface area contributed by atoms with Crippen LogP contribution in [0.15, 0.2) is 0 Å². The van der Waals surface area contributed by atoms with Crippen LogP contribution < -0.4 is 5.73 Å². The SMILES string of the molecule is CN(CC1CCCCN1C(=O)CN)C1CC1. The van der Waals surface area contributed by atoms with E-state index in [0.29, 0.717) is 6.04 Å². The molecule has 0 aromatic carbocycles. The van der Waals surface area contributed by atoms with Crippen molar-refractivity contribution >= 4 is 5.91 Å². The van der Waals surface area contributed by atoms with Crippen molar-refractivity contribution in [3.63, 3.8) is 0 Å². The zero-order valence-electron chi connectivity index (χ0n) is 10.2. The van der Waals surface area contributed by atoms with Crippen LogP contribution in [0.2, 0.25) is 0 Å². The highest BCUT2D eigenvalue weighted by Crippen LogP contribution is 2.27. The molecule has 1 unspecified atom stereocenters. The molecule has 2 aliphatic rings. The van der Waals surface area contributed by atoms with Gasteiger partial charge in [-0.1, -0.05) is 0 Å². The molecule has 2 N–H and O–H groups in total. The minimum Gasteiger partial charge on any atom is -0.337 e. The molecule has 0 aromatic heterocycles. The number of likely N-dealkylation sites (N-methyl/N-ethyl adjacent to an activating group) is 1. The summed E-state index contributed by atoms with van der Waals surface area (Å²) in [5.74, 6) is 0.119. The van der Waals surface area contributed by atoms with E-state index < -0.39 is 0 Å². The van der Waals surface area contributed by atoms with E-state index in [2.05, 4.69) is 11.9 Å². The molecule has 2 fully saturated rings. The second-order valence-electron chi connectivity index (χ2n) is 5.11. The predicted octanol–water partition coefficient (Wildman–Crippen LogP) is 0.420. The Balaban J connectivity index is 1.90. The number of carbonyl (C=O) groups excluding carboxylic acids is 1. The molecule has 1 atom stereocenters.